The number of para-hydroxylation sites is 1. The van der Waals surface area contributed by atoms with Gasteiger partial charge in [0.25, 0.3) is 0 Å². The van der Waals surface area contributed by atoms with Crippen molar-refractivity contribution in [2.75, 3.05) is 26.2 Å². The van der Waals surface area contributed by atoms with E-state index in [4.69, 9.17) is 4.99 Å². The maximum atomic E-state index is 9.69. The van der Waals surface area contributed by atoms with Crippen LogP contribution >= 0.6 is 0 Å². The van der Waals surface area contributed by atoms with E-state index >= 15 is 0 Å². The topological polar surface area (TPSA) is 63.7 Å². The summed E-state index contributed by atoms with van der Waals surface area (Å²) >= 11 is 0. The van der Waals surface area contributed by atoms with Gasteiger partial charge in [0, 0.05) is 43.3 Å². The lowest BCUT2D eigenvalue weighted by molar-refractivity contribution is 0.108. The third-order valence-electron chi connectivity index (χ3n) is 5.01. The number of hydrogen-bond donors (Lipinski definition) is 3. The van der Waals surface area contributed by atoms with Crippen LogP contribution < -0.4 is 5.32 Å². The van der Waals surface area contributed by atoms with Gasteiger partial charge in [0.1, 0.15) is 0 Å². The van der Waals surface area contributed by atoms with Crippen molar-refractivity contribution in [2.45, 2.75) is 45.6 Å². The zero-order chi connectivity index (χ0) is 17.6. The van der Waals surface area contributed by atoms with Crippen LogP contribution in [-0.2, 0) is 12.8 Å². The monoisotopic (exact) mass is 342 g/mol. The van der Waals surface area contributed by atoms with Crippen molar-refractivity contribution < 1.29 is 5.11 Å². The first-order valence-electron chi connectivity index (χ1n) is 9.52. The first kappa shape index (κ1) is 17.8. The molecule has 1 saturated heterocycles. The summed E-state index contributed by atoms with van der Waals surface area (Å²) in [4.78, 5) is 10.5. The Kier molecular flexibility index (Phi) is 5.97. The molecule has 0 saturated carbocycles. The Morgan fingerprint density at radius 3 is 2.80 bits per heavy atom. The van der Waals surface area contributed by atoms with Gasteiger partial charge in [-0.05, 0) is 43.7 Å². The average molecular weight is 342 g/mol. The molecule has 0 aliphatic carbocycles. The molecule has 2 heterocycles. The van der Waals surface area contributed by atoms with Crippen LogP contribution in [0, 0.1) is 0 Å². The first-order valence-corrected chi connectivity index (χ1v) is 9.52. The lowest BCUT2D eigenvalue weighted by Gasteiger charge is -2.32. The number of aliphatic hydroxyl groups excluding tert-OH is 1. The van der Waals surface area contributed by atoms with E-state index in [-0.39, 0.29) is 6.10 Å². The number of H-pyrrole nitrogens is 1. The van der Waals surface area contributed by atoms with E-state index in [0.717, 1.165) is 57.8 Å². The normalized spacial score (nSPS) is 16.6. The highest BCUT2D eigenvalue weighted by molar-refractivity contribution is 5.86. The summed E-state index contributed by atoms with van der Waals surface area (Å²) in [6.45, 7) is 7.67. The molecule has 0 bridgehead atoms. The molecule has 0 atom stereocenters. The summed E-state index contributed by atoms with van der Waals surface area (Å²) in [6, 6.07) is 6.53. The van der Waals surface area contributed by atoms with Crippen molar-refractivity contribution >= 4 is 16.9 Å². The van der Waals surface area contributed by atoms with E-state index in [2.05, 4.69) is 53.4 Å². The molecule has 5 nitrogen and oxygen atoms in total. The summed E-state index contributed by atoms with van der Waals surface area (Å²) in [5.74, 6) is 0.975. The summed E-state index contributed by atoms with van der Waals surface area (Å²) in [7, 11) is 0. The minimum absolute atomic E-state index is 0.155. The van der Waals surface area contributed by atoms with E-state index < -0.39 is 0 Å². The fraction of sp³-hybridized carbons (Fsp3) is 0.550. The molecule has 0 spiro atoms. The second kappa shape index (κ2) is 8.39. The van der Waals surface area contributed by atoms with Gasteiger partial charge in [-0.2, -0.15) is 0 Å². The number of hydrogen-bond acceptors (Lipinski definition) is 2. The molecule has 136 valence electrons. The van der Waals surface area contributed by atoms with Gasteiger partial charge in [0.2, 0.25) is 0 Å². The van der Waals surface area contributed by atoms with E-state index in [1.807, 2.05) is 0 Å². The van der Waals surface area contributed by atoms with Crippen molar-refractivity contribution in [3.05, 3.63) is 35.5 Å². The molecule has 0 amide bonds. The fourth-order valence-corrected chi connectivity index (χ4v) is 3.56. The number of benzene rings is 1. The first-order chi connectivity index (χ1) is 12.2. The van der Waals surface area contributed by atoms with E-state index in [0.29, 0.717) is 0 Å². The van der Waals surface area contributed by atoms with Crippen LogP contribution in [0.25, 0.3) is 10.9 Å². The molecule has 1 fully saturated rings. The number of aryl methyl sites for hydroxylation is 1. The summed E-state index contributed by atoms with van der Waals surface area (Å²) in [5.41, 5.74) is 3.97. The van der Waals surface area contributed by atoms with Crippen LogP contribution in [-0.4, -0.2) is 53.2 Å². The third kappa shape index (κ3) is 4.15. The van der Waals surface area contributed by atoms with Gasteiger partial charge in [-0.1, -0.05) is 25.1 Å². The molecule has 3 rings (SSSR count). The minimum Gasteiger partial charge on any atom is -0.393 e. The van der Waals surface area contributed by atoms with E-state index in [1.165, 1.54) is 22.0 Å². The highest BCUT2D eigenvalue weighted by atomic mass is 16.3. The number of piperidine rings is 1. The van der Waals surface area contributed by atoms with Gasteiger partial charge in [-0.25, -0.2) is 0 Å². The number of aromatic nitrogens is 1. The second-order valence-electron chi connectivity index (χ2n) is 6.71. The number of guanidine groups is 1. The number of aliphatic hydroxyl groups is 1. The maximum Gasteiger partial charge on any atom is 0.193 e. The molecule has 1 aromatic carbocycles. The molecule has 1 aliphatic rings. The molecule has 5 heteroatoms. The fourth-order valence-electron chi connectivity index (χ4n) is 3.56. The zero-order valence-electron chi connectivity index (χ0n) is 15.4. The SMILES string of the molecule is CCNC(=NCCc1c[nH]c2c(CC)cccc12)N1CCC(O)CC1. The highest BCUT2D eigenvalue weighted by Gasteiger charge is 2.19. The molecule has 3 N–H and O–H groups in total. The van der Waals surface area contributed by atoms with E-state index in [1.54, 1.807) is 0 Å². The number of likely N-dealkylation sites (tertiary alicyclic amines) is 1. The average Bonchev–Trinajstić information content (AvgIpc) is 3.05. The Morgan fingerprint density at radius 2 is 2.08 bits per heavy atom. The van der Waals surface area contributed by atoms with Crippen LogP contribution in [0.1, 0.15) is 37.8 Å². The van der Waals surface area contributed by atoms with Crippen LogP contribution in [0.3, 0.4) is 0 Å². The number of nitrogens with zero attached hydrogens (tertiary/aromatic N) is 2. The largest absolute Gasteiger partial charge is 0.393 e. The summed E-state index contributed by atoms with van der Waals surface area (Å²) < 4.78 is 0. The van der Waals surface area contributed by atoms with Gasteiger partial charge < -0.3 is 20.3 Å². The predicted molar refractivity (Wildman–Crippen MR) is 104 cm³/mol. The zero-order valence-corrected chi connectivity index (χ0v) is 15.4. The second-order valence-corrected chi connectivity index (χ2v) is 6.71. The van der Waals surface area contributed by atoms with Crippen LogP contribution in [0.2, 0.25) is 0 Å². The van der Waals surface area contributed by atoms with E-state index in [9.17, 15) is 5.11 Å². The van der Waals surface area contributed by atoms with Crippen molar-refractivity contribution in [3.63, 3.8) is 0 Å². The Hall–Kier alpha value is -2.01. The number of nitrogens with one attached hydrogen (secondary N) is 2. The number of rotatable bonds is 5. The molecule has 1 aromatic heterocycles. The minimum atomic E-state index is -0.155. The van der Waals surface area contributed by atoms with Gasteiger partial charge >= 0.3 is 0 Å². The smallest absolute Gasteiger partial charge is 0.193 e. The predicted octanol–water partition coefficient (Wildman–Crippen LogP) is 2.70. The molecular formula is C20H30N4O. The quantitative estimate of drug-likeness (QED) is 0.578. The molecule has 1 aliphatic heterocycles. The molecule has 0 unspecified atom stereocenters. The Balaban J connectivity index is 1.68. The van der Waals surface area contributed by atoms with Crippen molar-refractivity contribution in [3.8, 4) is 0 Å². The van der Waals surface area contributed by atoms with Crippen LogP contribution in [0.4, 0.5) is 0 Å². The molecule has 25 heavy (non-hydrogen) atoms. The van der Waals surface area contributed by atoms with Crippen molar-refractivity contribution in [1.82, 2.24) is 15.2 Å². The molecule has 0 radical (unpaired) electrons. The van der Waals surface area contributed by atoms with Gasteiger partial charge in [-0.15, -0.1) is 0 Å². The van der Waals surface area contributed by atoms with Crippen molar-refractivity contribution in [2.24, 2.45) is 4.99 Å². The third-order valence-corrected chi connectivity index (χ3v) is 5.01. The number of aliphatic imine (C=N–C) groups is 1. The Morgan fingerprint density at radius 1 is 1.28 bits per heavy atom. The number of aromatic amines is 1. The molecular weight excluding hydrogens is 312 g/mol. The maximum absolute atomic E-state index is 9.69. The van der Waals surface area contributed by atoms with Crippen LogP contribution in [0.5, 0.6) is 0 Å². The van der Waals surface area contributed by atoms with Gasteiger partial charge in [-0.3, -0.25) is 4.99 Å². The Labute approximate surface area is 150 Å². The Bertz CT molecular complexity index is 714. The standard InChI is InChI=1S/C20H30N4O/c1-3-15-6-5-7-18-16(14-23-19(15)18)8-11-22-20(21-4-2)24-12-9-17(25)10-13-24/h5-7,14,17,23,25H,3-4,8-13H2,1-2H3,(H,21,22). The number of fused-ring (bicyclic) bond motifs is 1. The van der Waals surface area contributed by atoms with Crippen LogP contribution in [0.15, 0.2) is 29.4 Å². The lowest BCUT2D eigenvalue weighted by Crippen LogP contribution is -2.46. The lowest BCUT2D eigenvalue weighted by atomic mass is 10.1. The van der Waals surface area contributed by atoms with Gasteiger partial charge in [0.15, 0.2) is 5.96 Å². The summed E-state index contributed by atoms with van der Waals surface area (Å²) in [5, 5.41) is 14.4. The summed E-state index contributed by atoms with van der Waals surface area (Å²) in [6.07, 6.45) is 5.60. The van der Waals surface area contributed by atoms with Gasteiger partial charge in [0.05, 0.1) is 6.10 Å². The molecule has 2 aromatic rings. The van der Waals surface area contributed by atoms with Crippen molar-refractivity contribution in [1.29, 1.82) is 0 Å². The highest BCUT2D eigenvalue weighted by Crippen LogP contribution is 2.22.